The van der Waals surface area contributed by atoms with Crippen LogP contribution in [-0.2, 0) is 0 Å². The topological polar surface area (TPSA) is 20.2 Å². The van der Waals surface area contributed by atoms with Crippen LogP contribution in [0, 0.1) is 5.82 Å². The van der Waals surface area contributed by atoms with Crippen LogP contribution in [0.15, 0.2) is 22.7 Å². The molecule has 0 saturated heterocycles. The summed E-state index contributed by atoms with van der Waals surface area (Å²) in [6.07, 6.45) is -0.453. The summed E-state index contributed by atoms with van der Waals surface area (Å²) < 4.78 is 13.9. The number of alkyl halides is 1. The Balaban J connectivity index is 2.88. The number of rotatable bonds is 3. The summed E-state index contributed by atoms with van der Waals surface area (Å²) in [4.78, 5) is 0. The molecule has 1 nitrogen and oxygen atoms in total. The Hall–Kier alpha value is -0.120. The largest absolute Gasteiger partial charge is 0.388 e. The van der Waals surface area contributed by atoms with Gasteiger partial charge in [-0.3, -0.25) is 0 Å². The fourth-order valence-electron chi connectivity index (χ4n) is 1.03. The number of aliphatic hydroxyl groups is 1. The summed E-state index contributed by atoms with van der Waals surface area (Å²) in [7, 11) is 0. The monoisotopic (exact) mass is 266 g/mol. The molecular weight excluding hydrogens is 258 g/mol. The second-order valence-electron chi connectivity index (χ2n) is 2.66. The van der Waals surface area contributed by atoms with Gasteiger partial charge < -0.3 is 5.11 Å². The minimum absolute atomic E-state index is 0.295. The van der Waals surface area contributed by atoms with E-state index in [2.05, 4.69) is 15.9 Å². The molecule has 72 valence electrons. The lowest BCUT2D eigenvalue weighted by Crippen LogP contribution is -2.01. The van der Waals surface area contributed by atoms with Crippen molar-refractivity contribution in [3.05, 3.63) is 34.1 Å². The molecule has 0 aliphatic heterocycles. The van der Waals surface area contributed by atoms with Gasteiger partial charge in [-0.1, -0.05) is 22.0 Å². The molecule has 0 aliphatic carbocycles. The van der Waals surface area contributed by atoms with Crippen LogP contribution >= 0.6 is 27.5 Å². The standard InChI is InChI=1S/C9H9BrClFO/c10-6-1-2-7(8(12)5-6)9(13)3-4-11/h1-2,5,9,13H,3-4H2. The number of halogens is 3. The van der Waals surface area contributed by atoms with Gasteiger partial charge >= 0.3 is 0 Å². The molecular formula is C9H9BrClFO. The van der Waals surface area contributed by atoms with Crippen LogP contribution in [0.3, 0.4) is 0 Å². The zero-order valence-corrected chi connectivity index (χ0v) is 9.15. The van der Waals surface area contributed by atoms with E-state index in [1.807, 2.05) is 0 Å². The van der Waals surface area contributed by atoms with Crippen LogP contribution < -0.4 is 0 Å². The second kappa shape index (κ2) is 4.94. The molecule has 0 bridgehead atoms. The molecule has 1 N–H and O–H groups in total. The van der Waals surface area contributed by atoms with Gasteiger partial charge in [0.05, 0.1) is 6.10 Å². The van der Waals surface area contributed by atoms with Crippen LogP contribution in [0.1, 0.15) is 18.1 Å². The predicted octanol–water partition coefficient (Wildman–Crippen LogP) is 3.25. The van der Waals surface area contributed by atoms with Crippen LogP contribution in [0.4, 0.5) is 4.39 Å². The molecule has 0 heterocycles. The summed E-state index contributed by atoms with van der Waals surface area (Å²) in [6, 6.07) is 4.57. The molecule has 4 heteroatoms. The average Bonchev–Trinajstić information content (AvgIpc) is 2.04. The fraction of sp³-hybridized carbons (Fsp3) is 0.333. The van der Waals surface area contributed by atoms with Gasteiger partial charge in [0, 0.05) is 15.9 Å². The first-order chi connectivity index (χ1) is 6.15. The van der Waals surface area contributed by atoms with Crippen LogP contribution in [-0.4, -0.2) is 11.0 Å². The van der Waals surface area contributed by atoms with Gasteiger partial charge in [-0.05, 0) is 18.6 Å². The van der Waals surface area contributed by atoms with E-state index in [1.54, 1.807) is 12.1 Å². The normalized spacial score (nSPS) is 12.9. The SMILES string of the molecule is OC(CCCl)c1ccc(Br)cc1F. The Labute approximate surface area is 89.7 Å². The Bertz CT molecular complexity index is 293. The van der Waals surface area contributed by atoms with Crippen LogP contribution in [0.25, 0.3) is 0 Å². The first kappa shape index (κ1) is 11.0. The molecule has 1 unspecified atom stereocenters. The Morgan fingerprint density at radius 1 is 1.54 bits per heavy atom. The van der Waals surface area contributed by atoms with E-state index in [1.165, 1.54) is 6.07 Å². The molecule has 1 rings (SSSR count). The molecule has 0 aromatic heterocycles. The van der Waals surface area contributed by atoms with Crippen molar-refractivity contribution in [2.45, 2.75) is 12.5 Å². The minimum atomic E-state index is -0.814. The van der Waals surface area contributed by atoms with Crippen LogP contribution in [0.5, 0.6) is 0 Å². The van der Waals surface area contributed by atoms with Gasteiger partial charge in [0.2, 0.25) is 0 Å². The number of hydrogen-bond donors (Lipinski definition) is 1. The minimum Gasteiger partial charge on any atom is -0.388 e. The maximum atomic E-state index is 13.2. The molecule has 0 saturated carbocycles. The van der Waals surface area contributed by atoms with E-state index in [9.17, 15) is 9.50 Å². The number of benzene rings is 1. The zero-order chi connectivity index (χ0) is 9.84. The third kappa shape index (κ3) is 2.93. The van der Waals surface area contributed by atoms with Crippen molar-refractivity contribution in [1.82, 2.24) is 0 Å². The van der Waals surface area contributed by atoms with E-state index in [-0.39, 0.29) is 0 Å². The van der Waals surface area contributed by atoms with Gasteiger partial charge in [0.1, 0.15) is 5.82 Å². The van der Waals surface area contributed by atoms with Gasteiger partial charge in [0.25, 0.3) is 0 Å². The smallest absolute Gasteiger partial charge is 0.130 e. The summed E-state index contributed by atoms with van der Waals surface area (Å²) in [5, 5.41) is 9.45. The van der Waals surface area contributed by atoms with E-state index in [0.717, 1.165) is 0 Å². The molecule has 1 atom stereocenters. The Morgan fingerprint density at radius 2 is 2.23 bits per heavy atom. The van der Waals surface area contributed by atoms with Crippen molar-refractivity contribution in [2.75, 3.05) is 5.88 Å². The quantitative estimate of drug-likeness (QED) is 0.834. The molecule has 1 aromatic rings. The van der Waals surface area contributed by atoms with Gasteiger partial charge in [-0.2, -0.15) is 0 Å². The molecule has 0 fully saturated rings. The number of hydrogen-bond acceptors (Lipinski definition) is 1. The van der Waals surface area contributed by atoms with Crippen molar-refractivity contribution in [1.29, 1.82) is 0 Å². The third-order valence-electron chi connectivity index (χ3n) is 1.70. The molecule has 0 aliphatic rings. The molecule has 0 amide bonds. The summed E-state index contributed by atoms with van der Waals surface area (Å²) >= 11 is 8.57. The third-order valence-corrected chi connectivity index (χ3v) is 2.42. The molecule has 13 heavy (non-hydrogen) atoms. The first-order valence-corrected chi connectivity index (χ1v) is 5.17. The first-order valence-electron chi connectivity index (χ1n) is 3.84. The molecule has 0 radical (unpaired) electrons. The van der Waals surface area contributed by atoms with E-state index < -0.39 is 11.9 Å². The van der Waals surface area contributed by atoms with Crippen molar-refractivity contribution < 1.29 is 9.50 Å². The Kier molecular flexibility index (Phi) is 4.16. The highest BCUT2D eigenvalue weighted by Crippen LogP contribution is 2.23. The van der Waals surface area contributed by atoms with Crippen LogP contribution in [0.2, 0.25) is 0 Å². The van der Waals surface area contributed by atoms with Crippen molar-refractivity contribution >= 4 is 27.5 Å². The lowest BCUT2D eigenvalue weighted by atomic mass is 10.1. The zero-order valence-electron chi connectivity index (χ0n) is 6.80. The second-order valence-corrected chi connectivity index (χ2v) is 3.95. The average molecular weight is 268 g/mol. The summed E-state index contributed by atoms with van der Waals surface area (Å²) in [5.41, 5.74) is 0.295. The fourth-order valence-corrected chi connectivity index (χ4v) is 1.57. The Morgan fingerprint density at radius 3 is 2.77 bits per heavy atom. The van der Waals surface area contributed by atoms with Gasteiger partial charge in [-0.15, -0.1) is 11.6 Å². The highest BCUT2D eigenvalue weighted by molar-refractivity contribution is 9.10. The van der Waals surface area contributed by atoms with Crippen molar-refractivity contribution in [3.8, 4) is 0 Å². The van der Waals surface area contributed by atoms with Gasteiger partial charge in [0.15, 0.2) is 0 Å². The highest BCUT2D eigenvalue weighted by Gasteiger charge is 2.11. The summed E-state index contributed by atoms with van der Waals surface area (Å²) in [6.45, 7) is 0. The van der Waals surface area contributed by atoms with E-state index in [0.29, 0.717) is 22.3 Å². The van der Waals surface area contributed by atoms with Crippen molar-refractivity contribution in [2.24, 2.45) is 0 Å². The number of aliphatic hydroxyl groups excluding tert-OH is 1. The molecule has 0 spiro atoms. The van der Waals surface area contributed by atoms with E-state index >= 15 is 0 Å². The van der Waals surface area contributed by atoms with Crippen molar-refractivity contribution in [3.63, 3.8) is 0 Å². The van der Waals surface area contributed by atoms with E-state index in [4.69, 9.17) is 11.6 Å². The van der Waals surface area contributed by atoms with Gasteiger partial charge in [-0.25, -0.2) is 4.39 Å². The predicted molar refractivity (Wildman–Crippen MR) is 54.4 cm³/mol. The lowest BCUT2D eigenvalue weighted by molar-refractivity contribution is 0.170. The highest BCUT2D eigenvalue weighted by atomic mass is 79.9. The maximum absolute atomic E-state index is 13.2. The maximum Gasteiger partial charge on any atom is 0.130 e. The lowest BCUT2D eigenvalue weighted by Gasteiger charge is -2.09. The summed E-state index contributed by atoms with van der Waals surface area (Å²) in [5.74, 6) is -0.0941. The molecule has 1 aromatic carbocycles.